The highest BCUT2D eigenvalue weighted by molar-refractivity contribution is 8.27. The van der Waals surface area contributed by atoms with Gasteiger partial charge in [-0.15, -0.1) is 0 Å². The van der Waals surface area contributed by atoms with E-state index in [9.17, 15) is 4.79 Å². The fourth-order valence-corrected chi connectivity index (χ4v) is 5.31. The lowest BCUT2D eigenvalue weighted by atomic mass is 10.1. The molecule has 36 heavy (non-hydrogen) atoms. The van der Waals surface area contributed by atoms with E-state index in [0.717, 1.165) is 34.0 Å². The molecule has 182 valence electrons. The molecular weight excluding hydrogens is 470 g/mol. The van der Waals surface area contributed by atoms with Crippen LogP contribution in [0.4, 0.5) is 0 Å². The van der Waals surface area contributed by atoms with Crippen LogP contribution in [0.5, 0.6) is 5.75 Å². The Balaban J connectivity index is 1.42. The molecule has 0 saturated carbocycles. The van der Waals surface area contributed by atoms with Crippen molar-refractivity contribution in [1.82, 2.24) is 9.58 Å². The molecule has 1 N–H and O–H groups in total. The summed E-state index contributed by atoms with van der Waals surface area (Å²) in [5.74, 6) is 0.351. The van der Waals surface area contributed by atoms with E-state index >= 15 is 0 Å². The molecule has 0 atom stereocenters. The van der Waals surface area contributed by atoms with Gasteiger partial charge in [-0.25, -0.2) is 0 Å². The molecular formula is C28H27N5O2S. The predicted octanol–water partition coefficient (Wildman–Crippen LogP) is 5.72. The zero-order valence-corrected chi connectivity index (χ0v) is 21.7. The summed E-state index contributed by atoms with van der Waals surface area (Å²) in [6, 6.07) is 16.2. The van der Waals surface area contributed by atoms with Crippen LogP contribution in [0.2, 0.25) is 0 Å². The lowest BCUT2D eigenvalue weighted by Gasteiger charge is -2.20. The van der Waals surface area contributed by atoms with E-state index in [1.807, 2.05) is 51.1 Å². The van der Waals surface area contributed by atoms with Crippen LogP contribution in [0.1, 0.15) is 33.6 Å². The summed E-state index contributed by atoms with van der Waals surface area (Å²) in [4.78, 5) is 17.1. The van der Waals surface area contributed by atoms with Crippen molar-refractivity contribution in [1.29, 1.82) is 5.41 Å². The topological polar surface area (TPSA) is 83.0 Å². The maximum Gasteiger partial charge on any atom is 0.283 e. The molecule has 7 nitrogen and oxygen atoms in total. The zero-order chi connectivity index (χ0) is 25.6. The van der Waals surface area contributed by atoms with Gasteiger partial charge in [0.05, 0.1) is 5.57 Å². The van der Waals surface area contributed by atoms with Crippen molar-refractivity contribution < 1.29 is 9.53 Å². The van der Waals surface area contributed by atoms with Crippen LogP contribution in [0.25, 0.3) is 11.8 Å². The third-order valence-corrected chi connectivity index (χ3v) is 7.06. The normalized spacial score (nSPS) is 16.4. The molecule has 2 aromatic carbocycles. The molecule has 0 bridgehead atoms. The van der Waals surface area contributed by atoms with Crippen LogP contribution in [0.15, 0.2) is 64.2 Å². The van der Waals surface area contributed by atoms with Gasteiger partial charge in [-0.2, -0.15) is 15.1 Å². The van der Waals surface area contributed by atoms with Crippen LogP contribution >= 0.6 is 11.8 Å². The number of benzene rings is 2. The van der Waals surface area contributed by atoms with Gasteiger partial charge in [0.1, 0.15) is 17.4 Å². The minimum Gasteiger partial charge on any atom is -0.486 e. The Morgan fingerprint density at radius 3 is 2.47 bits per heavy atom. The van der Waals surface area contributed by atoms with Gasteiger partial charge in [0.25, 0.3) is 5.91 Å². The molecule has 0 radical (unpaired) electrons. The molecule has 2 aliphatic heterocycles. The molecule has 0 spiro atoms. The number of amidine groups is 2. The minimum absolute atomic E-state index is 0.0135. The number of amides is 1. The third kappa shape index (κ3) is 4.40. The Morgan fingerprint density at radius 1 is 1.03 bits per heavy atom. The maximum absolute atomic E-state index is 12.9. The number of aromatic nitrogens is 1. The summed E-state index contributed by atoms with van der Waals surface area (Å²) < 4.78 is 8.07. The Kier molecular flexibility index (Phi) is 6.14. The third-order valence-electron chi connectivity index (χ3n) is 6.18. The van der Waals surface area contributed by atoms with E-state index in [2.05, 4.69) is 46.7 Å². The second kappa shape index (κ2) is 9.28. The Labute approximate surface area is 214 Å². The molecule has 5 rings (SSSR count). The van der Waals surface area contributed by atoms with Crippen molar-refractivity contribution in [2.75, 3.05) is 6.61 Å². The number of aryl methyl sites for hydroxylation is 4. The number of aliphatic imine (C=N–C) groups is 1. The average Bonchev–Trinajstić information content (AvgIpc) is 3.35. The lowest BCUT2D eigenvalue weighted by molar-refractivity contribution is -0.114. The fraction of sp³-hybridized carbons (Fsp3) is 0.214. The molecule has 1 amide bonds. The smallest absolute Gasteiger partial charge is 0.283 e. The quantitative estimate of drug-likeness (QED) is 0.457. The first-order valence-corrected chi connectivity index (χ1v) is 12.5. The minimum atomic E-state index is -0.439. The van der Waals surface area contributed by atoms with Crippen LogP contribution in [-0.2, 0) is 4.79 Å². The Morgan fingerprint density at radius 2 is 1.75 bits per heavy atom. The van der Waals surface area contributed by atoms with E-state index in [0.29, 0.717) is 10.2 Å². The number of fused-ring (bicyclic) bond motifs is 1. The number of hydrogen-bond acceptors (Lipinski definition) is 5. The van der Waals surface area contributed by atoms with E-state index in [4.69, 9.17) is 10.1 Å². The van der Waals surface area contributed by atoms with Gasteiger partial charge in [-0.1, -0.05) is 24.3 Å². The summed E-state index contributed by atoms with van der Waals surface area (Å²) in [7, 11) is 0. The van der Waals surface area contributed by atoms with E-state index in [1.165, 1.54) is 27.9 Å². The van der Waals surface area contributed by atoms with E-state index in [1.54, 1.807) is 6.08 Å². The van der Waals surface area contributed by atoms with Crippen LogP contribution in [-0.4, -0.2) is 38.1 Å². The Bertz CT molecular complexity index is 1490. The number of hydrogen-bond donors (Lipinski definition) is 1. The zero-order valence-electron chi connectivity index (χ0n) is 20.9. The highest BCUT2D eigenvalue weighted by Gasteiger charge is 2.36. The number of para-hydroxylation sites is 1. The molecule has 8 heteroatoms. The standard InChI is InChI=1S/C28H27N5O2S/c1-16-10-17(2)12-22(11-16)32-19(4)13-21(20(32)5)14-23-26(29)33-28(30-27(23)34)36-25(31-33)15-35-24-9-7-6-8-18(24)3/h6-14,29H,15H2,1-5H3. The van der Waals surface area contributed by atoms with Gasteiger partial charge < -0.3 is 9.30 Å². The van der Waals surface area contributed by atoms with Gasteiger partial charge in [0.2, 0.25) is 5.17 Å². The number of ether oxygens (including phenoxy) is 1. The summed E-state index contributed by atoms with van der Waals surface area (Å²) in [6.45, 7) is 10.4. The van der Waals surface area contributed by atoms with Crippen molar-refractivity contribution in [2.45, 2.75) is 34.6 Å². The average molecular weight is 498 g/mol. The van der Waals surface area contributed by atoms with Crippen molar-refractivity contribution >= 4 is 39.8 Å². The number of rotatable bonds is 5. The summed E-state index contributed by atoms with van der Waals surface area (Å²) in [5, 5.41) is 15.7. The molecule has 0 unspecified atom stereocenters. The number of hydrazone groups is 1. The number of nitrogens with one attached hydrogen (secondary N) is 1. The van der Waals surface area contributed by atoms with Gasteiger partial charge in [-0.3, -0.25) is 10.2 Å². The molecule has 0 aliphatic carbocycles. The number of thioether (sulfide) groups is 1. The molecule has 3 aromatic rings. The summed E-state index contributed by atoms with van der Waals surface area (Å²) in [5.41, 5.74) is 7.62. The van der Waals surface area contributed by atoms with Gasteiger partial charge >= 0.3 is 0 Å². The second-order valence-corrected chi connectivity index (χ2v) is 10.1. The van der Waals surface area contributed by atoms with Gasteiger partial charge in [0.15, 0.2) is 5.84 Å². The number of carbonyl (C=O) groups is 1. The van der Waals surface area contributed by atoms with Crippen molar-refractivity contribution in [3.05, 3.63) is 87.7 Å². The molecule has 0 saturated heterocycles. The van der Waals surface area contributed by atoms with Crippen LogP contribution < -0.4 is 4.74 Å². The number of carbonyl (C=O) groups excluding carboxylic acids is 1. The first-order valence-electron chi connectivity index (χ1n) is 11.7. The second-order valence-electron chi connectivity index (χ2n) is 9.08. The monoisotopic (exact) mass is 497 g/mol. The van der Waals surface area contributed by atoms with E-state index < -0.39 is 5.91 Å². The fourth-order valence-electron chi connectivity index (χ4n) is 4.51. The first kappa shape index (κ1) is 23.8. The van der Waals surface area contributed by atoms with Crippen molar-refractivity contribution in [3.8, 4) is 11.4 Å². The molecule has 1 aromatic heterocycles. The highest BCUT2D eigenvalue weighted by atomic mass is 32.2. The molecule has 0 fully saturated rings. The molecule has 2 aliphatic rings. The van der Waals surface area contributed by atoms with Crippen molar-refractivity contribution in [2.24, 2.45) is 10.1 Å². The Hall–Kier alpha value is -3.91. The largest absolute Gasteiger partial charge is 0.486 e. The lowest BCUT2D eigenvalue weighted by Crippen LogP contribution is -2.35. The van der Waals surface area contributed by atoms with Crippen LogP contribution in [0, 0.1) is 40.0 Å². The summed E-state index contributed by atoms with van der Waals surface area (Å²) >= 11 is 1.25. The highest BCUT2D eigenvalue weighted by Crippen LogP contribution is 2.30. The van der Waals surface area contributed by atoms with Gasteiger partial charge in [0, 0.05) is 17.1 Å². The summed E-state index contributed by atoms with van der Waals surface area (Å²) in [6.07, 6.45) is 1.74. The number of nitrogens with zero attached hydrogens (tertiary/aromatic N) is 4. The predicted molar refractivity (Wildman–Crippen MR) is 146 cm³/mol. The van der Waals surface area contributed by atoms with E-state index in [-0.39, 0.29) is 18.0 Å². The van der Waals surface area contributed by atoms with Crippen LogP contribution in [0.3, 0.4) is 0 Å². The van der Waals surface area contributed by atoms with Crippen molar-refractivity contribution in [3.63, 3.8) is 0 Å². The first-order chi connectivity index (χ1) is 17.2. The SMILES string of the molecule is Cc1cc(C)cc(-n2c(C)cc(C=C3C(=N)N4N=C(COc5ccccc5C)SC4=NC3=O)c2C)c1. The molecule has 3 heterocycles. The maximum atomic E-state index is 12.9. The van der Waals surface area contributed by atoms with Gasteiger partial charge in [-0.05, 0) is 99.0 Å².